The van der Waals surface area contributed by atoms with E-state index in [1.807, 2.05) is 35.2 Å². The van der Waals surface area contributed by atoms with Gasteiger partial charge in [-0.2, -0.15) is 0 Å². The number of nitrogen functional groups attached to an aromatic ring is 1. The van der Waals surface area contributed by atoms with Crippen LogP contribution in [0.3, 0.4) is 0 Å². The van der Waals surface area contributed by atoms with E-state index in [0.29, 0.717) is 36.4 Å². The van der Waals surface area contributed by atoms with Gasteiger partial charge in [-0.1, -0.05) is 36.4 Å². The van der Waals surface area contributed by atoms with Gasteiger partial charge in [0.15, 0.2) is 11.5 Å². The second-order valence-electron chi connectivity index (χ2n) is 10.2. The molecule has 0 bridgehead atoms. The van der Waals surface area contributed by atoms with Crippen LogP contribution in [0.4, 0.5) is 11.4 Å². The number of carbonyl (C=O) groups is 1. The molecular weight excluding hydrogens is 482 g/mol. The zero-order valence-electron chi connectivity index (χ0n) is 21.5. The van der Waals surface area contributed by atoms with Gasteiger partial charge in [0.25, 0.3) is 5.69 Å². The van der Waals surface area contributed by atoms with Gasteiger partial charge in [-0.3, -0.25) is 14.9 Å². The minimum atomic E-state index is -0.368. The van der Waals surface area contributed by atoms with Gasteiger partial charge >= 0.3 is 0 Å². The van der Waals surface area contributed by atoms with Crippen molar-refractivity contribution >= 4 is 17.3 Å². The van der Waals surface area contributed by atoms with Crippen LogP contribution in [0.1, 0.15) is 60.8 Å². The molecule has 0 spiro atoms. The van der Waals surface area contributed by atoms with E-state index < -0.39 is 0 Å². The summed E-state index contributed by atoms with van der Waals surface area (Å²) in [5.41, 5.74) is 9.11. The number of amides is 1. The number of hydrogen-bond donors (Lipinski definition) is 1. The maximum Gasteiger partial charge on any atom is 0.272 e. The molecule has 2 N–H and O–H groups in total. The first-order valence-electron chi connectivity index (χ1n) is 13.1. The lowest BCUT2D eigenvalue weighted by Crippen LogP contribution is -2.32. The van der Waals surface area contributed by atoms with Crippen LogP contribution in [0.15, 0.2) is 66.7 Å². The number of carbonyl (C=O) groups excluding carboxylic acids is 1. The average Bonchev–Trinajstić information content (AvgIpc) is 3.57. The monoisotopic (exact) mass is 515 g/mol. The van der Waals surface area contributed by atoms with E-state index in [9.17, 15) is 14.9 Å². The van der Waals surface area contributed by atoms with Crippen molar-refractivity contribution in [3.8, 4) is 11.5 Å². The summed E-state index contributed by atoms with van der Waals surface area (Å²) in [6.45, 7) is 0.504. The molecule has 2 aliphatic rings. The molecule has 2 atom stereocenters. The van der Waals surface area contributed by atoms with Crippen molar-refractivity contribution in [1.29, 1.82) is 0 Å². The molecule has 1 amide bonds. The summed E-state index contributed by atoms with van der Waals surface area (Å²) in [5.74, 6) is 1.40. The Morgan fingerprint density at radius 2 is 1.79 bits per heavy atom. The van der Waals surface area contributed by atoms with Gasteiger partial charge in [0.05, 0.1) is 24.2 Å². The zero-order chi connectivity index (χ0) is 26.6. The third kappa shape index (κ3) is 5.44. The van der Waals surface area contributed by atoms with E-state index in [0.717, 1.165) is 29.7 Å². The van der Waals surface area contributed by atoms with Crippen LogP contribution in [0.25, 0.3) is 0 Å². The number of benzene rings is 3. The highest BCUT2D eigenvalue weighted by atomic mass is 16.6. The molecule has 2 fully saturated rings. The predicted octanol–water partition coefficient (Wildman–Crippen LogP) is 5.81. The first-order valence-corrected chi connectivity index (χ1v) is 13.1. The second-order valence-corrected chi connectivity index (χ2v) is 10.2. The molecule has 1 aliphatic carbocycles. The fourth-order valence-corrected chi connectivity index (χ4v) is 5.68. The summed E-state index contributed by atoms with van der Waals surface area (Å²) < 4.78 is 11.8. The van der Waals surface area contributed by atoms with Gasteiger partial charge in [0, 0.05) is 42.6 Å². The summed E-state index contributed by atoms with van der Waals surface area (Å²) in [4.78, 5) is 26.6. The molecule has 1 saturated carbocycles. The molecule has 0 radical (unpaired) electrons. The van der Waals surface area contributed by atoms with Crippen molar-refractivity contribution in [2.45, 2.75) is 56.6 Å². The number of nitro groups is 1. The smallest absolute Gasteiger partial charge is 0.272 e. The summed E-state index contributed by atoms with van der Waals surface area (Å²) in [7, 11) is 1.64. The fourth-order valence-electron chi connectivity index (χ4n) is 5.68. The third-order valence-electron chi connectivity index (χ3n) is 7.71. The van der Waals surface area contributed by atoms with Gasteiger partial charge in [0.2, 0.25) is 5.91 Å². The van der Waals surface area contributed by atoms with E-state index in [1.54, 1.807) is 37.4 Å². The number of para-hydroxylation sites is 1. The molecule has 3 aromatic carbocycles. The van der Waals surface area contributed by atoms with Gasteiger partial charge in [0.1, 0.15) is 0 Å². The summed E-state index contributed by atoms with van der Waals surface area (Å²) >= 11 is 0. The minimum absolute atomic E-state index is 0.0180. The molecule has 2 unspecified atom stereocenters. The molecule has 38 heavy (non-hydrogen) atoms. The molecule has 1 heterocycles. The van der Waals surface area contributed by atoms with E-state index >= 15 is 0 Å². The number of likely N-dealkylation sites (tertiary alicyclic amines) is 1. The van der Waals surface area contributed by atoms with Gasteiger partial charge in [-0.25, -0.2) is 0 Å². The van der Waals surface area contributed by atoms with Crippen LogP contribution in [-0.2, 0) is 11.2 Å². The fraction of sp³-hybridized carbons (Fsp3) is 0.367. The highest BCUT2D eigenvalue weighted by Crippen LogP contribution is 2.40. The van der Waals surface area contributed by atoms with Gasteiger partial charge < -0.3 is 20.1 Å². The molecule has 3 aromatic rings. The summed E-state index contributed by atoms with van der Waals surface area (Å²) in [5, 5.41) is 11.7. The molecule has 1 aliphatic heterocycles. The highest BCUT2D eigenvalue weighted by molar-refractivity contribution is 5.80. The SMILES string of the molecule is COc1ccc(C2CC(=O)N(C(Cc3ccccc3[N+](=O)[O-])c3ccc(N)cc3)C2)cc1OC1CCCC1. The van der Waals surface area contributed by atoms with Crippen LogP contribution >= 0.6 is 0 Å². The Morgan fingerprint density at radius 3 is 2.50 bits per heavy atom. The number of ether oxygens (including phenoxy) is 2. The number of nitro benzene ring substituents is 1. The van der Waals surface area contributed by atoms with Crippen molar-refractivity contribution in [2.24, 2.45) is 0 Å². The Labute approximate surface area is 222 Å². The Balaban J connectivity index is 1.43. The maximum atomic E-state index is 13.4. The number of methoxy groups -OCH3 is 1. The maximum absolute atomic E-state index is 13.4. The molecule has 1 saturated heterocycles. The van der Waals surface area contributed by atoms with Crippen LogP contribution in [-0.4, -0.2) is 35.5 Å². The quantitative estimate of drug-likeness (QED) is 0.219. The zero-order valence-corrected chi connectivity index (χ0v) is 21.5. The highest BCUT2D eigenvalue weighted by Gasteiger charge is 2.37. The Hall–Kier alpha value is -4.07. The third-order valence-corrected chi connectivity index (χ3v) is 7.71. The lowest BCUT2D eigenvalue weighted by atomic mass is 9.95. The van der Waals surface area contributed by atoms with Crippen LogP contribution in [0.2, 0.25) is 0 Å². The van der Waals surface area contributed by atoms with Crippen molar-refractivity contribution in [2.75, 3.05) is 19.4 Å². The largest absolute Gasteiger partial charge is 0.493 e. The Morgan fingerprint density at radius 1 is 1.05 bits per heavy atom. The molecule has 8 heteroatoms. The molecule has 198 valence electrons. The van der Waals surface area contributed by atoms with Crippen LogP contribution in [0, 0.1) is 10.1 Å². The van der Waals surface area contributed by atoms with Crippen LogP contribution < -0.4 is 15.2 Å². The molecule has 8 nitrogen and oxygen atoms in total. The van der Waals surface area contributed by atoms with Crippen molar-refractivity contribution in [1.82, 2.24) is 4.90 Å². The Bertz CT molecular complexity index is 1300. The van der Waals surface area contributed by atoms with E-state index in [4.69, 9.17) is 15.2 Å². The van der Waals surface area contributed by atoms with Crippen molar-refractivity contribution in [3.05, 3.63) is 93.5 Å². The molecule has 5 rings (SSSR count). The standard InChI is InChI=1S/C30H33N3O5/c1-37-28-15-12-21(17-29(28)38-25-7-3-4-8-25)23-18-30(34)32(19-23)27(20-10-13-24(31)14-11-20)16-22-6-2-5-9-26(22)33(35)36/h2,5-6,9-15,17,23,25,27H,3-4,7-8,16,18-19,31H2,1H3. The number of anilines is 1. The average molecular weight is 516 g/mol. The first kappa shape index (κ1) is 25.6. The van der Waals surface area contributed by atoms with E-state index in [1.165, 1.54) is 18.9 Å². The topological polar surface area (TPSA) is 108 Å². The van der Waals surface area contributed by atoms with Gasteiger partial charge in [-0.05, 0) is 61.1 Å². The second kappa shape index (κ2) is 11.1. The number of rotatable bonds is 9. The van der Waals surface area contributed by atoms with Crippen molar-refractivity contribution in [3.63, 3.8) is 0 Å². The molecule has 0 aromatic heterocycles. The van der Waals surface area contributed by atoms with E-state index in [-0.39, 0.29) is 34.6 Å². The first-order chi connectivity index (χ1) is 18.4. The summed E-state index contributed by atoms with van der Waals surface area (Å²) in [6.07, 6.45) is 5.30. The normalized spacial score (nSPS) is 18.5. The lowest BCUT2D eigenvalue weighted by Gasteiger charge is -2.29. The predicted molar refractivity (Wildman–Crippen MR) is 145 cm³/mol. The number of hydrogen-bond acceptors (Lipinski definition) is 6. The Kier molecular flexibility index (Phi) is 7.49. The van der Waals surface area contributed by atoms with Crippen molar-refractivity contribution < 1.29 is 19.2 Å². The lowest BCUT2D eigenvalue weighted by molar-refractivity contribution is -0.385. The van der Waals surface area contributed by atoms with Crippen LogP contribution in [0.5, 0.6) is 11.5 Å². The number of nitrogens with two attached hydrogens (primary N) is 1. The number of nitrogens with zero attached hydrogens (tertiary/aromatic N) is 2. The summed E-state index contributed by atoms with van der Waals surface area (Å²) in [6, 6.07) is 19.7. The van der Waals surface area contributed by atoms with Gasteiger partial charge in [-0.15, -0.1) is 0 Å². The molecular formula is C30H33N3O5. The van der Waals surface area contributed by atoms with E-state index in [2.05, 4.69) is 0 Å². The minimum Gasteiger partial charge on any atom is -0.493 e.